The molecule has 1 aromatic heterocycles. The second-order valence-corrected chi connectivity index (χ2v) is 4.70. The van der Waals surface area contributed by atoms with Crippen molar-refractivity contribution in [1.29, 1.82) is 0 Å². The fourth-order valence-electron chi connectivity index (χ4n) is 1.37. The number of hydrogen-bond donors (Lipinski definition) is 1. The zero-order valence-corrected chi connectivity index (χ0v) is 8.56. The van der Waals surface area contributed by atoms with Crippen molar-refractivity contribution in [1.82, 2.24) is 10.2 Å². The van der Waals surface area contributed by atoms with E-state index in [0.29, 0.717) is 24.4 Å². The van der Waals surface area contributed by atoms with Crippen LogP contribution in [0, 0.1) is 0 Å². The lowest BCUT2D eigenvalue weighted by molar-refractivity contribution is -0.138. The van der Waals surface area contributed by atoms with Gasteiger partial charge in [0.05, 0.1) is 18.7 Å². The van der Waals surface area contributed by atoms with E-state index in [1.807, 2.05) is 0 Å². The first-order chi connectivity index (χ1) is 6.78. The van der Waals surface area contributed by atoms with Gasteiger partial charge in [-0.25, -0.2) is 0 Å². The van der Waals surface area contributed by atoms with Crippen molar-refractivity contribution in [3.63, 3.8) is 0 Å². The van der Waals surface area contributed by atoms with Gasteiger partial charge >= 0.3 is 6.18 Å². The molecule has 84 valence electrons. The van der Waals surface area contributed by atoms with E-state index in [0.717, 1.165) is 0 Å². The lowest BCUT2D eigenvalue weighted by Gasteiger charge is -2.43. The molecule has 0 unspecified atom stereocenters. The number of alkyl halides is 3. The van der Waals surface area contributed by atoms with Gasteiger partial charge < -0.3 is 10.0 Å². The summed E-state index contributed by atoms with van der Waals surface area (Å²) in [5.41, 5.74) is -0.829. The molecular formula is C7H8F3N3OS. The number of hydrogen-bond acceptors (Lipinski definition) is 5. The van der Waals surface area contributed by atoms with Gasteiger partial charge in [-0.3, -0.25) is 0 Å². The van der Waals surface area contributed by atoms with Gasteiger partial charge in [0.25, 0.3) is 0 Å². The first kappa shape index (κ1) is 10.6. The van der Waals surface area contributed by atoms with E-state index in [1.165, 1.54) is 0 Å². The van der Waals surface area contributed by atoms with Crippen molar-refractivity contribution in [3.05, 3.63) is 5.01 Å². The monoisotopic (exact) mass is 239 g/mol. The van der Waals surface area contributed by atoms with Crippen LogP contribution in [0.15, 0.2) is 0 Å². The molecule has 15 heavy (non-hydrogen) atoms. The third kappa shape index (κ3) is 2.05. The van der Waals surface area contributed by atoms with E-state index < -0.39 is 16.8 Å². The van der Waals surface area contributed by atoms with Crippen LogP contribution in [0.3, 0.4) is 0 Å². The van der Waals surface area contributed by atoms with E-state index in [1.54, 1.807) is 11.8 Å². The second-order valence-electron chi connectivity index (χ2n) is 3.74. The normalized spacial score (nSPS) is 20.2. The van der Waals surface area contributed by atoms with Crippen LogP contribution in [-0.4, -0.2) is 34.0 Å². The fourth-order valence-corrected chi connectivity index (χ4v) is 2.08. The Hall–Kier alpha value is -0.890. The Balaban J connectivity index is 2.10. The van der Waals surface area contributed by atoms with Gasteiger partial charge in [-0.05, 0) is 6.92 Å². The number of β-amino-alcohol motifs (C(OH)–C–C–N with tert-alkyl or cyclic N) is 1. The third-order valence-corrected chi connectivity index (χ3v) is 3.02. The first-order valence-electron chi connectivity index (χ1n) is 4.16. The van der Waals surface area contributed by atoms with Gasteiger partial charge in [0.1, 0.15) is 0 Å². The molecule has 8 heteroatoms. The summed E-state index contributed by atoms with van der Waals surface area (Å²) in [5, 5.41) is 15.1. The maximum absolute atomic E-state index is 12.2. The molecule has 0 bridgehead atoms. The Kier molecular flexibility index (Phi) is 2.16. The van der Waals surface area contributed by atoms with Crippen LogP contribution in [0.5, 0.6) is 0 Å². The minimum absolute atomic E-state index is 0.203. The van der Waals surface area contributed by atoms with Crippen molar-refractivity contribution < 1.29 is 18.3 Å². The zero-order chi connectivity index (χ0) is 11.3. The van der Waals surface area contributed by atoms with Crippen molar-refractivity contribution in [2.45, 2.75) is 18.7 Å². The summed E-state index contributed by atoms with van der Waals surface area (Å²) in [6, 6.07) is 0. The Morgan fingerprint density at radius 2 is 2.00 bits per heavy atom. The number of nitrogens with zero attached hydrogens (tertiary/aromatic N) is 3. The van der Waals surface area contributed by atoms with E-state index in [9.17, 15) is 18.3 Å². The van der Waals surface area contributed by atoms with Gasteiger partial charge in [-0.1, -0.05) is 11.3 Å². The molecule has 0 amide bonds. The number of anilines is 1. The summed E-state index contributed by atoms with van der Waals surface area (Å²) >= 11 is 0.492. The Bertz CT molecular complexity index is 368. The van der Waals surface area contributed by atoms with Gasteiger partial charge in [-0.2, -0.15) is 13.2 Å². The number of aliphatic hydroxyl groups is 1. The number of rotatable bonds is 1. The van der Waals surface area contributed by atoms with Crippen molar-refractivity contribution in [3.8, 4) is 0 Å². The van der Waals surface area contributed by atoms with Crippen LogP contribution in [0.1, 0.15) is 11.9 Å². The summed E-state index contributed by atoms with van der Waals surface area (Å²) in [6.45, 7) is 2.20. The predicted molar refractivity (Wildman–Crippen MR) is 47.7 cm³/mol. The van der Waals surface area contributed by atoms with Crippen molar-refractivity contribution in [2.75, 3.05) is 18.0 Å². The zero-order valence-electron chi connectivity index (χ0n) is 7.75. The standard InChI is InChI=1S/C7H8F3N3OS/c1-6(14)2-13(3-6)5-12-11-4(15-5)7(8,9)10/h14H,2-3H2,1H3. The highest BCUT2D eigenvalue weighted by Gasteiger charge is 2.41. The van der Waals surface area contributed by atoms with Gasteiger partial charge in [0.15, 0.2) is 0 Å². The maximum atomic E-state index is 12.2. The highest BCUT2D eigenvalue weighted by molar-refractivity contribution is 7.15. The summed E-state index contributed by atoms with van der Waals surface area (Å²) in [5.74, 6) is 0. The summed E-state index contributed by atoms with van der Waals surface area (Å²) in [7, 11) is 0. The van der Waals surface area contributed by atoms with Gasteiger partial charge in [0, 0.05) is 0 Å². The van der Waals surface area contributed by atoms with E-state index in [-0.39, 0.29) is 5.13 Å². The molecule has 1 fully saturated rings. The van der Waals surface area contributed by atoms with E-state index in [4.69, 9.17) is 0 Å². The molecule has 1 aliphatic rings. The van der Waals surface area contributed by atoms with Crippen LogP contribution >= 0.6 is 11.3 Å². The molecule has 0 atom stereocenters. The third-order valence-electron chi connectivity index (χ3n) is 1.99. The van der Waals surface area contributed by atoms with Gasteiger partial charge in [0.2, 0.25) is 10.1 Å². The summed E-state index contributed by atoms with van der Waals surface area (Å²) in [6.07, 6.45) is -4.44. The SMILES string of the molecule is CC1(O)CN(c2nnc(C(F)(F)F)s2)C1. The van der Waals surface area contributed by atoms with Crippen LogP contribution in [0.25, 0.3) is 0 Å². The molecule has 1 N–H and O–H groups in total. The molecule has 2 rings (SSSR count). The van der Waals surface area contributed by atoms with Crippen LogP contribution in [0.2, 0.25) is 0 Å². The molecule has 0 aromatic carbocycles. The van der Waals surface area contributed by atoms with E-state index >= 15 is 0 Å². The molecule has 0 saturated carbocycles. The number of aromatic nitrogens is 2. The minimum atomic E-state index is -4.44. The van der Waals surface area contributed by atoms with Crippen LogP contribution in [-0.2, 0) is 6.18 Å². The Morgan fingerprint density at radius 1 is 1.40 bits per heavy atom. The molecule has 2 heterocycles. The minimum Gasteiger partial charge on any atom is -0.386 e. The average molecular weight is 239 g/mol. The lowest BCUT2D eigenvalue weighted by atomic mass is 9.98. The molecule has 0 spiro atoms. The van der Waals surface area contributed by atoms with Crippen molar-refractivity contribution >= 4 is 16.5 Å². The highest BCUT2D eigenvalue weighted by Crippen LogP contribution is 2.36. The van der Waals surface area contributed by atoms with Crippen molar-refractivity contribution in [2.24, 2.45) is 0 Å². The highest BCUT2D eigenvalue weighted by atomic mass is 32.1. The molecule has 1 aliphatic heterocycles. The first-order valence-corrected chi connectivity index (χ1v) is 4.98. The Labute approximate surface area is 87.3 Å². The molecule has 1 saturated heterocycles. The molecule has 4 nitrogen and oxygen atoms in total. The second kappa shape index (κ2) is 3.05. The van der Waals surface area contributed by atoms with Crippen LogP contribution in [0.4, 0.5) is 18.3 Å². The largest absolute Gasteiger partial charge is 0.445 e. The Morgan fingerprint density at radius 3 is 2.40 bits per heavy atom. The maximum Gasteiger partial charge on any atom is 0.445 e. The van der Waals surface area contributed by atoms with E-state index in [2.05, 4.69) is 10.2 Å². The fraction of sp³-hybridized carbons (Fsp3) is 0.714. The summed E-state index contributed by atoms with van der Waals surface area (Å²) < 4.78 is 36.5. The van der Waals surface area contributed by atoms with Crippen LogP contribution < -0.4 is 4.90 Å². The topological polar surface area (TPSA) is 49.2 Å². The molecule has 0 aliphatic carbocycles. The molecule has 1 aromatic rings. The van der Waals surface area contributed by atoms with Gasteiger partial charge in [-0.15, -0.1) is 10.2 Å². The number of halogens is 3. The average Bonchev–Trinajstić information content (AvgIpc) is 2.45. The smallest absolute Gasteiger partial charge is 0.386 e. The molecular weight excluding hydrogens is 231 g/mol. The molecule has 0 radical (unpaired) electrons. The summed E-state index contributed by atoms with van der Waals surface area (Å²) in [4.78, 5) is 1.56. The lowest BCUT2D eigenvalue weighted by Crippen LogP contribution is -2.60. The quantitative estimate of drug-likeness (QED) is 0.798. The predicted octanol–water partition coefficient (Wildman–Crippen LogP) is 1.13.